The maximum absolute atomic E-state index is 11.3. The van der Waals surface area contributed by atoms with Crippen molar-refractivity contribution in [1.82, 2.24) is 5.32 Å². The van der Waals surface area contributed by atoms with E-state index in [4.69, 9.17) is 10.5 Å². The summed E-state index contributed by atoms with van der Waals surface area (Å²) in [6, 6.07) is 0. The van der Waals surface area contributed by atoms with Gasteiger partial charge in [-0.3, -0.25) is 4.79 Å². The maximum Gasteiger partial charge on any atom is 0.229 e. The molecule has 3 N–H and O–H groups in total. The van der Waals surface area contributed by atoms with E-state index in [-0.39, 0.29) is 17.0 Å². The van der Waals surface area contributed by atoms with Gasteiger partial charge in [-0.15, -0.1) is 0 Å². The molecule has 0 saturated carbocycles. The van der Waals surface area contributed by atoms with Crippen molar-refractivity contribution in [1.29, 1.82) is 0 Å². The zero-order valence-corrected chi connectivity index (χ0v) is 8.98. The van der Waals surface area contributed by atoms with Crippen LogP contribution in [0.3, 0.4) is 0 Å². The molecule has 76 valence electrons. The number of ether oxygens (including phenoxy) is 1. The van der Waals surface area contributed by atoms with Crippen LogP contribution in [0.15, 0.2) is 0 Å². The molecule has 5 heteroatoms. The standard InChI is InChI=1S/C8H16N2O2S/c1-5(12-3)4-10-8(11)6(2)7(9)13/h5-6H,4H2,1-3H3,(H2,9,13)(H,10,11). The van der Waals surface area contributed by atoms with Gasteiger partial charge in [0.15, 0.2) is 0 Å². The van der Waals surface area contributed by atoms with Gasteiger partial charge >= 0.3 is 0 Å². The van der Waals surface area contributed by atoms with Gasteiger partial charge in [0, 0.05) is 13.7 Å². The Morgan fingerprint density at radius 2 is 2.15 bits per heavy atom. The van der Waals surface area contributed by atoms with E-state index in [0.29, 0.717) is 6.54 Å². The normalized spacial score (nSPS) is 14.7. The van der Waals surface area contributed by atoms with Crippen molar-refractivity contribution in [3.05, 3.63) is 0 Å². The highest BCUT2D eigenvalue weighted by Crippen LogP contribution is 1.95. The van der Waals surface area contributed by atoms with Gasteiger partial charge < -0.3 is 15.8 Å². The molecule has 0 fully saturated rings. The van der Waals surface area contributed by atoms with Crippen LogP contribution in [0.5, 0.6) is 0 Å². The molecule has 0 saturated heterocycles. The number of hydrogen-bond donors (Lipinski definition) is 2. The lowest BCUT2D eigenvalue weighted by molar-refractivity contribution is -0.123. The van der Waals surface area contributed by atoms with Crippen LogP contribution in [0.1, 0.15) is 13.8 Å². The SMILES string of the molecule is COC(C)CNC(=O)C(C)C(N)=S. The van der Waals surface area contributed by atoms with E-state index in [9.17, 15) is 4.79 Å². The summed E-state index contributed by atoms with van der Waals surface area (Å²) in [5.74, 6) is -0.574. The molecule has 2 atom stereocenters. The number of thiocarbonyl (C=S) groups is 1. The first-order chi connectivity index (χ1) is 5.99. The molecule has 0 spiro atoms. The Labute approximate surface area is 83.8 Å². The van der Waals surface area contributed by atoms with Gasteiger partial charge in [-0.05, 0) is 13.8 Å². The van der Waals surface area contributed by atoms with Crippen LogP contribution in [0, 0.1) is 5.92 Å². The molecule has 4 nitrogen and oxygen atoms in total. The smallest absolute Gasteiger partial charge is 0.229 e. The largest absolute Gasteiger partial charge is 0.393 e. The number of nitrogens with two attached hydrogens (primary N) is 1. The van der Waals surface area contributed by atoms with Gasteiger partial charge in [0.05, 0.1) is 17.0 Å². The Kier molecular flexibility index (Phi) is 5.57. The number of amides is 1. The summed E-state index contributed by atoms with van der Waals surface area (Å²) in [6.45, 7) is 4.02. The second kappa shape index (κ2) is 5.88. The third-order valence-electron chi connectivity index (χ3n) is 1.79. The molecular weight excluding hydrogens is 188 g/mol. The number of carbonyl (C=O) groups excluding carboxylic acids is 1. The van der Waals surface area contributed by atoms with Crippen molar-refractivity contribution in [3.63, 3.8) is 0 Å². The van der Waals surface area contributed by atoms with Crippen molar-refractivity contribution >= 4 is 23.1 Å². The van der Waals surface area contributed by atoms with E-state index in [1.807, 2.05) is 6.92 Å². The first kappa shape index (κ1) is 12.3. The fraction of sp³-hybridized carbons (Fsp3) is 0.750. The van der Waals surface area contributed by atoms with Crippen LogP contribution < -0.4 is 11.1 Å². The van der Waals surface area contributed by atoms with E-state index < -0.39 is 5.92 Å². The van der Waals surface area contributed by atoms with Gasteiger partial charge in [0.25, 0.3) is 0 Å². The van der Waals surface area contributed by atoms with Crippen LogP contribution in [-0.2, 0) is 9.53 Å². The van der Waals surface area contributed by atoms with E-state index in [1.54, 1.807) is 14.0 Å². The molecule has 0 aliphatic carbocycles. The lowest BCUT2D eigenvalue weighted by Crippen LogP contribution is -2.39. The predicted molar refractivity (Wildman–Crippen MR) is 55.4 cm³/mol. The highest BCUT2D eigenvalue weighted by atomic mass is 32.1. The van der Waals surface area contributed by atoms with Gasteiger partial charge in [0.1, 0.15) is 0 Å². The van der Waals surface area contributed by atoms with Gasteiger partial charge in [0.2, 0.25) is 5.91 Å². The summed E-state index contributed by atoms with van der Waals surface area (Å²) in [5, 5.41) is 2.68. The molecule has 0 aromatic carbocycles. The van der Waals surface area contributed by atoms with Crippen LogP contribution in [0.25, 0.3) is 0 Å². The quantitative estimate of drug-likeness (QED) is 0.622. The summed E-state index contributed by atoms with van der Waals surface area (Å²) in [6.07, 6.45) is 0.00231. The molecule has 0 bridgehead atoms. The number of rotatable bonds is 5. The summed E-state index contributed by atoms with van der Waals surface area (Å²) in [7, 11) is 1.59. The number of hydrogen-bond acceptors (Lipinski definition) is 3. The summed E-state index contributed by atoms with van der Waals surface area (Å²) in [5.41, 5.74) is 5.32. The van der Waals surface area contributed by atoms with Gasteiger partial charge in [-0.2, -0.15) is 0 Å². The molecule has 1 amide bonds. The van der Waals surface area contributed by atoms with Crippen LogP contribution in [0.4, 0.5) is 0 Å². The van der Waals surface area contributed by atoms with E-state index >= 15 is 0 Å². The molecule has 13 heavy (non-hydrogen) atoms. The number of methoxy groups -OCH3 is 1. The average molecular weight is 204 g/mol. The first-order valence-electron chi connectivity index (χ1n) is 4.08. The monoisotopic (exact) mass is 204 g/mol. The predicted octanol–water partition coefficient (Wildman–Crippen LogP) is 0.0597. The molecule has 0 aliphatic heterocycles. The second-order valence-electron chi connectivity index (χ2n) is 2.92. The summed E-state index contributed by atoms with van der Waals surface area (Å²) in [4.78, 5) is 11.5. The molecule has 0 aromatic heterocycles. The Bertz CT molecular complexity index is 197. The fourth-order valence-electron chi connectivity index (χ4n) is 0.610. The third kappa shape index (κ3) is 4.80. The summed E-state index contributed by atoms with van der Waals surface area (Å²) >= 11 is 4.69. The van der Waals surface area contributed by atoms with E-state index in [1.165, 1.54) is 0 Å². The zero-order valence-electron chi connectivity index (χ0n) is 8.16. The molecular formula is C8H16N2O2S. The lowest BCUT2D eigenvalue weighted by Gasteiger charge is -2.13. The zero-order chi connectivity index (χ0) is 10.4. The van der Waals surface area contributed by atoms with E-state index in [0.717, 1.165) is 0 Å². The van der Waals surface area contributed by atoms with Crippen molar-refractivity contribution in [2.45, 2.75) is 20.0 Å². The Hall–Kier alpha value is -0.680. The third-order valence-corrected chi connectivity index (χ3v) is 2.14. The Balaban J connectivity index is 3.81. The highest BCUT2D eigenvalue weighted by molar-refractivity contribution is 7.80. The Morgan fingerprint density at radius 1 is 1.62 bits per heavy atom. The van der Waals surface area contributed by atoms with Crippen LogP contribution in [0.2, 0.25) is 0 Å². The minimum Gasteiger partial charge on any atom is -0.393 e. The van der Waals surface area contributed by atoms with Crippen LogP contribution >= 0.6 is 12.2 Å². The van der Waals surface area contributed by atoms with Gasteiger partial charge in [-0.25, -0.2) is 0 Å². The molecule has 2 unspecified atom stereocenters. The summed E-state index contributed by atoms with van der Waals surface area (Å²) < 4.78 is 4.96. The average Bonchev–Trinajstić information content (AvgIpc) is 2.11. The second-order valence-corrected chi connectivity index (χ2v) is 3.39. The topological polar surface area (TPSA) is 64.3 Å². The molecule has 0 radical (unpaired) electrons. The minimum atomic E-state index is -0.418. The van der Waals surface area contributed by atoms with Crippen molar-refractivity contribution < 1.29 is 9.53 Å². The van der Waals surface area contributed by atoms with Crippen molar-refractivity contribution in [2.75, 3.05) is 13.7 Å². The first-order valence-corrected chi connectivity index (χ1v) is 4.49. The molecule has 0 aromatic rings. The van der Waals surface area contributed by atoms with Gasteiger partial charge in [-0.1, -0.05) is 12.2 Å². The fourth-order valence-corrected chi connectivity index (χ4v) is 0.717. The Morgan fingerprint density at radius 3 is 2.54 bits per heavy atom. The van der Waals surface area contributed by atoms with Crippen molar-refractivity contribution in [3.8, 4) is 0 Å². The molecule has 0 heterocycles. The number of carbonyl (C=O) groups is 1. The van der Waals surface area contributed by atoms with E-state index in [2.05, 4.69) is 17.5 Å². The molecule has 0 aliphatic rings. The molecule has 0 rings (SSSR count). The highest BCUT2D eigenvalue weighted by Gasteiger charge is 2.15. The minimum absolute atomic E-state index is 0.00231. The lowest BCUT2D eigenvalue weighted by atomic mass is 10.1. The van der Waals surface area contributed by atoms with Crippen LogP contribution in [-0.4, -0.2) is 30.7 Å². The number of nitrogens with one attached hydrogen (secondary N) is 1. The maximum atomic E-state index is 11.3. The van der Waals surface area contributed by atoms with Crippen molar-refractivity contribution in [2.24, 2.45) is 11.7 Å².